The Kier molecular flexibility index (Phi) is 3.25. The lowest BCUT2D eigenvalue weighted by molar-refractivity contribution is 0.100. The summed E-state index contributed by atoms with van der Waals surface area (Å²) in [7, 11) is 0. The number of rotatable bonds is 2. The van der Waals surface area contributed by atoms with Crippen LogP contribution in [0.1, 0.15) is 15.9 Å². The molecule has 0 aliphatic heterocycles. The van der Waals surface area contributed by atoms with Gasteiger partial charge in [0.05, 0.1) is 5.56 Å². The number of pyridine rings is 1. The molecule has 0 aliphatic rings. The number of carbonyl (C=O) groups excluding carboxylic acids is 1. The predicted octanol–water partition coefficient (Wildman–Crippen LogP) is 3.03. The summed E-state index contributed by atoms with van der Waals surface area (Å²) < 4.78 is 14.1. The lowest BCUT2D eigenvalue weighted by atomic mass is 9.96. The Morgan fingerprint density at radius 2 is 2.00 bits per heavy atom. The van der Waals surface area contributed by atoms with Gasteiger partial charge >= 0.3 is 0 Å². The zero-order valence-corrected chi connectivity index (χ0v) is 11.9. The number of nitrogens with two attached hydrogens (primary N) is 2. The predicted molar refractivity (Wildman–Crippen MR) is 84.8 cm³/mol. The summed E-state index contributed by atoms with van der Waals surface area (Å²) in [5.41, 5.74) is 13.3. The minimum Gasteiger partial charge on any atom is -0.383 e. The molecule has 0 unspecified atom stereocenters. The van der Waals surface area contributed by atoms with E-state index in [2.05, 4.69) is 4.98 Å². The molecule has 1 amide bonds. The van der Waals surface area contributed by atoms with Gasteiger partial charge in [0.15, 0.2) is 0 Å². The maximum atomic E-state index is 14.1. The Bertz CT molecular complexity index is 886. The van der Waals surface area contributed by atoms with Crippen molar-refractivity contribution in [1.82, 2.24) is 4.98 Å². The highest BCUT2D eigenvalue weighted by atomic mass is 19.1. The molecule has 3 rings (SSSR count). The molecule has 0 radical (unpaired) electrons. The second-order valence-corrected chi connectivity index (χ2v) is 5.12. The Balaban J connectivity index is 2.28. The molecule has 0 atom stereocenters. The van der Waals surface area contributed by atoms with Gasteiger partial charge in [0.2, 0.25) is 0 Å². The molecule has 5 heteroatoms. The number of amides is 1. The molecular weight excluding hydrogens is 281 g/mol. The van der Waals surface area contributed by atoms with Crippen LogP contribution in [0.2, 0.25) is 0 Å². The molecule has 0 aliphatic carbocycles. The van der Waals surface area contributed by atoms with Crippen molar-refractivity contribution in [2.24, 2.45) is 5.73 Å². The molecule has 22 heavy (non-hydrogen) atoms. The van der Waals surface area contributed by atoms with Crippen molar-refractivity contribution in [2.45, 2.75) is 6.92 Å². The molecule has 4 N–H and O–H groups in total. The van der Waals surface area contributed by atoms with Crippen molar-refractivity contribution in [3.63, 3.8) is 0 Å². The van der Waals surface area contributed by atoms with E-state index >= 15 is 0 Å². The summed E-state index contributed by atoms with van der Waals surface area (Å²) in [6, 6.07) is 10.2. The van der Waals surface area contributed by atoms with Gasteiger partial charge in [-0.3, -0.25) is 4.79 Å². The first kappa shape index (κ1) is 14.0. The number of aryl methyl sites for hydroxylation is 1. The fraction of sp³-hybridized carbons (Fsp3) is 0.0588. The molecule has 3 aromatic rings. The van der Waals surface area contributed by atoms with E-state index in [9.17, 15) is 9.18 Å². The lowest BCUT2D eigenvalue weighted by Gasteiger charge is -2.10. The first-order chi connectivity index (χ1) is 10.5. The summed E-state index contributed by atoms with van der Waals surface area (Å²) in [5, 5.41) is 1.29. The average Bonchev–Trinajstić information content (AvgIpc) is 2.46. The zero-order valence-electron chi connectivity index (χ0n) is 11.9. The summed E-state index contributed by atoms with van der Waals surface area (Å²) in [6.07, 6.45) is 1.55. The molecule has 1 heterocycles. The summed E-state index contributed by atoms with van der Waals surface area (Å²) in [5.74, 6) is -0.835. The van der Waals surface area contributed by atoms with E-state index < -0.39 is 5.91 Å². The SMILES string of the molecule is Cc1cccc(F)c1-c1ccc2c(C(N)=O)c(N)ncc2c1. The van der Waals surface area contributed by atoms with Gasteiger partial charge in [-0.25, -0.2) is 9.37 Å². The first-order valence-electron chi connectivity index (χ1n) is 6.72. The second-order valence-electron chi connectivity index (χ2n) is 5.12. The van der Waals surface area contributed by atoms with Gasteiger partial charge in [0.25, 0.3) is 5.91 Å². The molecular formula is C17H14FN3O. The molecule has 0 saturated heterocycles. The van der Waals surface area contributed by atoms with E-state index in [0.717, 1.165) is 5.56 Å². The molecule has 0 bridgehead atoms. The van der Waals surface area contributed by atoms with Crippen molar-refractivity contribution in [3.8, 4) is 11.1 Å². The van der Waals surface area contributed by atoms with Gasteiger partial charge < -0.3 is 11.5 Å². The summed E-state index contributed by atoms with van der Waals surface area (Å²) in [6.45, 7) is 1.85. The Morgan fingerprint density at radius 1 is 1.23 bits per heavy atom. The number of anilines is 1. The van der Waals surface area contributed by atoms with Gasteiger partial charge in [0.1, 0.15) is 11.6 Å². The molecule has 4 nitrogen and oxygen atoms in total. The van der Waals surface area contributed by atoms with Gasteiger partial charge in [-0.15, -0.1) is 0 Å². The number of aromatic nitrogens is 1. The van der Waals surface area contributed by atoms with E-state index in [-0.39, 0.29) is 17.2 Å². The second kappa shape index (κ2) is 5.11. The third-order valence-electron chi connectivity index (χ3n) is 3.68. The van der Waals surface area contributed by atoms with Crippen LogP contribution < -0.4 is 11.5 Å². The number of hydrogen-bond donors (Lipinski definition) is 2. The van der Waals surface area contributed by atoms with E-state index in [4.69, 9.17) is 11.5 Å². The van der Waals surface area contributed by atoms with Crippen LogP contribution in [0.25, 0.3) is 21.9 Å². The van der Waals surface area contributed by atoms with Gasteiger partial charge in [-0.05, 0) is 35.6 Å². The first-order valence-corrected chi connectivity index (χ1v) is 6.72. The number of nitrogens with zero attached hydrogens (tertiary/aromatic N) is 1. The smallest absolute Gasteiger partial charge is 0.253 e. The number of carbonyl (C=O) groups is 1. The minimum atomic E-state index is -0.634. The molecule has 0 saturated carbocycles. The molecule has 110 valence electrons. The maximum absolute atomic E-state index is 14.1. The normalized spacial score (nSPS) is 10.8. The largest absolute Gasteiger partial charge is 0.383 e. The van der Waals surface area contributed by atoms with Gasteiger partial charge in [-0.2, -0.15) is 0 Å². The summed E-state index contributed by atoms with van der Waals surface area (Å²) >= 11 is 0. The van der Waals surface area contributed by atoms with Crippen LogP contribution in [0.5, 0.6) is 0 Å². The van der Waals surface area contributed by atoms with Crippen LogP contribution in [0.4, 0.5) is 10.2 Å². The quantitative estimate of drug-likeness (QED) is 0.762. The third-order valence-corrected chi connectivity index (χ3v) is 3.68. The number of halogens is 1. The Hall–Kier alpha value is -2.95. The van der Waals surface area contributed by atoms with E-state index in [0.29, 0.717) is 21.9 Å². The fourth-order valence-electron chi connectivity index (χ4n) is 2.65. The monoisotopic (exact) mass is 295 g/mol. The summed E-state index contributed by atoms with van der Waals surface area (Å²) in [4.78, 5) is 15.5. The number of hydrogen-bond acceptors (Lipinski definition) is 3. The molecule has 0 spiro atoms. The topological polar surface area (TPSA) is 82.0 Å². The van der Waals surface area contributed by atoms with Crippen LogP contribution in [0.3, 0.4) is 0 Å². The standard InChI is InChI=1S/C17H14FN3O/c1-9-3-2-4-13(18)14(9)10-5-6-12-11(7-10)8-21-16(19)15(12)17(20)22/h2-8H,1H3,(H2,19,21)(H2,20,22). The molecule has 1 aromatic heterocycles. The van der Waals surface area contributed by atoms with Gasteiger partial charge in [0, 0.05) is 17.1 Å². The van der Waals surface area contributed by atoms with Crippen molar-refractivity contribution >= 4 is 22.5 Å². The maximum Gasteiger partial charge on any atom is 0.253 e. The van der Waals surface area contributed by atoms with Crippen LogP contribution in [-0.2, 0) is 0 Å². The average molecular weight is 295 g/mol. The van der Waals surface area contributed by atoms with E-state index in [1.807, 2.05) is 13.0 Å². The highest BCUT2D eigenvalue weighted by Crippen LogP contribution is 2.31. The highest BCUT2D eigenvalue weighted by molar-refractivity contribution is 6.10. The number of nitrogen functional groups attached to an aromatic ring is 1. The van der Waals surface area contributed by atoms with Crippen LogP contribution >= 0.6 is 0 Å². The van der Waals surface area contributed by atoms with E-state index in [1.54, 1.807) is 30.5 Å². The van der Waals surface area contributed by atoms with Crippen molar-refractivity contribution < 1.29 is 9.18 Å². The minimum absolute atomic E-state index is 0.0924. The van der Waals surface area contributed by atoms with Gasteiger partial charge in [-0.1, -0.05) is 24.3 Å². The van der Waals surface area contributed by atoms with Crippen LogP contribution in [0, 0.1) is 12.7 Å². The number of fused-ring (bicyclic) bond motifs is 1. The molecule has 2 aromatic carbocycles. The zero-order chi connectivity index (χ0) is 15.9. The Morgan fingerprint density at radius 3 is 2.68 bits per heavy atom. The lowest BCUT2D eigenvalue weighted by Crippen LogP contribution is -2.15. The third kappa shape index (κ3) is 2.16. The van der Waals surface area contributed by atoms with Crippen LogP contribution in [0.15, 0.2) is 42.6 Å². The number of benzene rings is 2. The van der Waals surface area contributed by atoms with Crippen LogP contribution in [-0.4, -0.2) is 10.9 Å². The Labute approximate surface area is 126 Å². The molecule has 0 fully saturated rings. The van der Waals surface area contributed by atoms with Crippen molar-refractivity contribution in [1.29, 1.82) is 0 Å². The van der Waals surface area contributed by atoms with E-state index in [1.165, 1.54) is 6.07 Å². The van der Waals surface area contributed by atoms with Crippen molar-refractivity contribution in [2.75, 3.05) is 5.73 Å². The number of primary amides is 1. The fourth-order valence-corrected chi connectivity index (χ4v) is 2.65. The highest BCUT2D eigenvalue weighted by Gasteiger charge is 2.14. The van der Waals surface area contributed by atoms with Crippen molar-refractivity contribution in [3.05, 3.63) is 59.5 Å².